The minimum atomic E-state index is -0.504. The molecule has 0 N–H and O–H groups in total. The predicted molar refractivity (Wildman–Crippen MR) is 72.4 cm³/mol. The molecule has 0 unspecified atom stereocenters. The summed E-state index contributed by atoms with van der Waals surface area (Å²) in [5, 5.41) is 0. The van der Waals surface area contributed by atoms with Crippen LogP contribution in [0.15, 0.2) is 24.3 Å². The summed E-state index contributed by atoms with van der Waals surface area (Å²) >= 11 is 0. The van der Waals surface area contributed by atoms with Crippen LogP contribution in [0.1, 0.15) is 20.3 Å². The average molecular weight is 279 g/mol. The van der Waals surface area contributed by atoms with Crippen LogP contribution in [0, 0.1) is 0 Å². The molecule has 1 amide bonds. The van der Waals surface area contributed by atoms with Gasteiger partial charge >= 0.3 is 11.9 Å². The second-order valence-corrected chi connectivity index (χ2v) is 4.00. The van der Waals surface area contributed by atoms with Crippen molar-refractivity contribution in [3.8, 4) is 5.75 Å². The highest BCUT2D eigenvalue weighted by Gasteiger charge is 2.18. The first kappa shape index (κ1) is 15.7. The molecule has 0 heterocycles. The van der Waals surface area contributed by atoms with Gasteiger partial charge in [-0.25, -0.2) is 0 Å². The minimum Gasteiger partial charge on any atom is -0.468 e. The SMILES string of the molecule is CCC(=O)N(CC(=O)OC)c1ccc(OC(C)=O)cc1. The lowest BCUT2D eigenvalue weighted by atomic mass is 10.2. The normalized spacial score (nSPS) is 9.75. The fourth-order valence-electron chi connectivity index (χ4n) is 1.57. The summed E-state index contributed by atoms with van der Waals surface area (Å²) in [6.07, 6.45) is 0.267. The zero-order valence-corrected chi connectivity index (χ0v) is 11.7. The van der Waals surface area contributed by atoms with Gasteiger partial charge in [0.15, 0.2) is 0 Å². The molecule has 0 aliphatic carbocycles. The van der Waals surface area contributed by atoms with Crippen LogP contribution < -0.4 is 9.64 Å². The Bertz CT molecular complexity index is 495. The molecule has 0 atom stereocenters. The number of ether oxygens (including phenoxy) is 2. The zero-order chi connectivity index (χ0) is 15.1. The fraction of sp³-hybridized carbons (Fsp3) is 0.357. The number of rotatable bonds is 5. The van der Waals surface area contributed by atoms with E-state index in [-0.39, 0.29) is 18.9 Å². The van der Waals surface area contributed by atoms with E-state index in [1.165, 1.54) is 18.9 Å². The Morgan fingerprint density at radius 3 is 2.20 bits per heavy atom. The molecule has 0 bridgehead atoms. The summed E-state index contributed by atoms with van der Waals surface area (Å²) in [6, 6.07) is 6.33. The van der Waals surface area contributed by atoms with Crippen LogP contribution >= 0.6 is 0 Å². The van der Waals surface area contributed by atoms with E-state index in [2.05, 4.69) is 4.74 Å². The fourth-order valence-corrected chi connectivity index (χ4v) is 1.57. The lowest BCUT2D eigenvalue weighted by Gasteiger charge is -2.21. The maximum Gasteiger partial charge on any atom is 0.325 e. The third-order valence-electron chi connectivity index (χ3n) is 2.53. The molecule has 1 rings (SSSR count). The monoisotopic (exact) mass is 279 g/mol. The molecule has 0 saturated carbocycles. The predicted octanol–water partition coefficient (Wildman–Crippen LogP) is 1.53. The van der Waals surface area contributed by atoms with Gasteiger partial charge < -0.3 is 14.4 Å². The second-order valence-electron chi connectivity index (χ2n) is 4.00. The molecule has 0 aliphatic rings. The quantitative estimate of drug-likeness (QED) is 0.603. The first-order chi connectivity index (χ1) is 9.47. The number of anilines is 1. The summed E-state index contributed by atoms with van der Waals surface area (Å²) in [6.45, 7) is 2.86. The largest absolute Gasteiger partial charge is 0.468 e. The van der Waals surface area contributed by atoms with Crippen molar-refractivity contribution in [3.05, 3.63) is 24.3 Å². The minimum absolute atomic E-state index is 0.157. The number of hydrogen-bond acceptors (Lipinski definition) is 5. The number of carbonyl (C=O) groups excluding carboxylic acids is 3. The highest BCUT2D eigenvalue weighted by Crippen LogP contribution is 2.20. The van der Waals surface area contributed by atoms with Crippen LogP contribution in [0.2, 0.25) is 0 Å². The van der Waals surface area contributed by atoms with E-state index >= 15 is 0 Å². The Kier molecular flexibility index (Phi) is 5.71. The van der Waals surface area contributed by atoms with Gasteiger partial charge in [0, 0.05) is 19.0 Å². The van der Waals surface area contributed by atoms with Crippen molar-refractivity contribution in [2.24, 2.45) is 0 Å². The molecule has 20 heavy (non-hydrogen) atoms. The zero-order valence-electron chi connectivity index (χ0n) is 11.7. The molecule has 0 saturated heterocycles. The number of hydrogen-bond donors (Lipinski definition) is 0. The standard InChI is InChI=1S/C14H17NO5/c1-4-13(17)15(9-14(18)19-3)11-5-7-12(8-6-11)20-10(2)16/h5-8H,4,9H2,1-3H3. The van der Waals surface area contributed by atoms with Crippen molar-refractivity contribution in [2.75, 3.05) is 18.6 Å². The van der Waals surface area contributed by atoms with Gasteiger partial charge in [0.1, 0.15) is 12.3 Å². The first-order valence-electron chi connectivity index (χ1n) is 6.13. The van der Waals surface area contributed by atoms with Crippen molar-refractivity contribution in [2.45, 2.75) is 20.3 Å². The topological polar surface area (TPSA) is 72.9 Å². The third-order valence-corrected chi connectivity index (χ3v) is 2.53. The van der Waals surface area contributed by atoms with Crippen molar-refractivity contribution >= 4 is 23.5 Å². The van der Waals surface area contributed by atoms with Gasteiger partial charge in [-0.05, 0) is 24.3 Å². The van der Waals surface area contributed by atoms with Crippen molar-refractivity contribution in [3.63, 3.8) is 0 Å². The summed E-state index contributed by atoms with van der Waals surface area (Å²) in [4.78, 5) is 35.3. The van der Waals surface area contributed by atoms with Gasteiger partial charge in [0.05, 0.1) is 7.11 Å². The van der Waals surface area contributed by atoms with Crippen LogP contribution in [0.5, 0.6) is 5.75 Å². The number of benzene rings is 1. The van der Waals surface area contributed by atoms with Crippen LogP contribution in [-0.4, -0.2) is 31.5 Å². The molecule has 0 aromatic heterocycles. The number of nitrogens with zero attached hydrogens (tertiary/aromatic N) is 1. The van der Waals surface area contributed by atoms with Gasteiger partial charge in [0.25, 0.3) is 0 Å². The van der Waals surface area contributed by atoms with E-state index in [0.29, 0.717) is 11.4 Å². The molecule has 0 aliphatic heterocycles. The average Bonchev–Trinajstić information content (AvgIpc) is 2.44. The molecule has 1 aromatic rings. The van der Waals surface area contributed by atoms with E-state index in [4.69, 9.17) is 4.74 Å². The summed E-state index contributed by atoms with van der Waals surface area (Å²) in [5.41, 5.74) is 0.540. The van der Waals surface area contributed by atoms with Crippen LogP contribution in [-0.2, 0) is 19.1 Å². The van der Waals surface area contributed by atoms with Crippen molar-refractivity contribution in [1.29, 1.82) is 0 Å². The number of carbonyl (C=O) groups is 3. The van der Waals surface area contributed by atoms with Gasteiger partial charge in [-0.3, -0.25) is 14.4 Å². The molecule has 6 heteroatoms. The molecule has 0 fully saturated rings. The van der Waals surface area contributed by atoms with Crippen LogP contribution in [0.4, 0.5) is 5.69 Å². The Labute approximate surface area is 117 Å². The lowest BCUT2D eigenvalue weighted by Crippen LogP contribution is -2.35. The smallest absolute Gasteiger partial charge is 0.325 e. The van der Waals surface area contributed by atoms with E-state index in [9.17, 15) is 14.4 Å². The van der Waals surface area contributed by atoms with Gasteiger partial charge in [-0.2, -0.15) is 0 Å². The maximum atomic E-state index is 11.9. The first-order valence-corrected chi connectivity index (χ1v) is 6.13. The molecular weight excluding hydrogens is 262 g/mol. The lowest BCUT2D eigenvalue weighted by molar-refractivity contribution is -0.140. The number of amides is 1. The van der Waals surface area contributed by atoms with Gasteiger partial charge in [-0.15, -0.1) is 0 Å². The van der Waals surface area contributed by atoms with E-state index in [1.54, 1.807) is 31.2 Å². The summed E-state index contributed by atoms with van der Waals surface area (Å²) in [7, 11) is 1.26. The third kappa shape index (κ3) is 4.38. The van der Waals surface area contributed by atoms with Crippen molar-refractivity contribution in [1.82, 2.24) is 0 Å². The highest BCUT2D eigenvalue weighted by atomic mass is 16.5. The van der Waals surface area contributed by atoms with E-state index < -0.39 is 11.9 Å². The Balaban J connectivity index is 2.93. The molecule has 0 spiro atoms. The number of esters is 2. The Morgan fingerprint density at radius 2 is 1.75 bits per heavy atom. The Morgan fingerprint density at radius 1 is 1.15 bits per heavy atom. The van der Waals surface area contributed by atoms with E-state index in [0.717, 1.165) is 0 Å². The molecular formula is C14H17NO5. The van der Waals surface area contributed by atoms with Gasteiger partial charge in [-0.1, -0.05) is 6.92 Å². The molecule has 1 aromatic carbocycles. The molecule has 108 valence electrons. The highest BCUT2D eigenvalue weighted by molar-refractivity contribution is 5.97. The van der Waals surface area contributed by atoms with Crippen LogP contribution in [0.3, 0.4) is 0 Å². The molecule has 6 nitrogen and oxygen atoms in total. The van der Waals surface area contributed by atoms with Gasteiger partial charge in [0.2, 0.25) is 5.91 Å². The Hall–Kier alpha value is -2.37. The molecule has 0 radical (unpaired) electrons. The van der Waals surface area contributed by atoms with E-state index in [1.807, 2.05) is 0 Å². The number of methoxy groups -OCH3 is 1. The maximum absolute atomic E-state index is 11.9. The summed E-state index contributed by atoms with van der Waals surface area (Å²) in [5.74, 6) is -0.747. The summed E-state index contributed by atoms with van der Waals surface area (Å²) < 4.78 is 9.48. The van der Waals surface area contributed by atoms with Crippen molar-refractivity contribution < 1.29 is 23.9 Å². The van der Waals surface area contributed by atoms with Crippen LogP contribution in [0.25, 0.3) is 0 Å². The second kappa shape index (κ2) is 7.28.